The summed E-state index contributed by atoms with van der Waals surface area (Å²) in [5.74, 6) is 3.58. The van der Waals surface area contributed by atoms with E-state index in [4.69, 9.17) is 12.2 Å². The summed E-state index contributed by atoms with van der Waals surface area (Å²) in [5, 5.41) is 2.67. The zero-order valence-corrected chi connectivity index (χ0v) is 12.9. The van der Waals surface area contributed by atoms with Crippen molar-refractivity contribution in [3.8, 4) is 0 Å². The zero-order chi connectivity index (χ0) is 13.1. The average molecular weight is 263 g/mol. The van der Waals surface area contributed by atoms with E-state index >= 15 is 0 Å². The molecule has 18 heavy (non-hydrogen) atoms. The Kier molecular flexibility index (Phi) is 2.78. The Hall–Kier alpha value is -0.200. The molecule has 4 rings (SSSR count). The molecule has 2 heteroatoms. The first kappa shape index (κ1) is 12.8. The fraction of sp³-hybridized carbons (Fsp3) is 0.938. The highest BCUT2D eigenvalue weighted by Crippen LogP contribution is 2.71. The Bertz CT molecular complexity index is 411. The lowest BCUT2D eigenvalue weighted by Gasteiger charge is -2.58. The molecular weight excluding hydrogens is 238 g/mol. The molecule has 4 bridgehead atoms. The molecule has 0 heterocycles. The van der Waals surface area contributed by atoms with E-state index in [1.807, 2.05) is 0 Å². The second kappa shape index (κ2) is 3.90. The van der Waals surface area contributed by atoms with Gasteiger partial charge < -0.3 is 0 Å². The van der Waals surface area contributed by atoms with E-state index in [1.165, 1.54) is 25.7 Å². The third-order valence-electron chi connectivity index (χ3n) is 6.67. The van der Waals surface area contributed by atoms with Crippen molar-refractivity contribution < 1.29 is 0 Å². The second-order valence-corrected chi connectivity index (χ2v) is 8.15. The maximum absolute atomic E-state index is 4.87. The molecule has 0 spiro atoms. The highest BCUT2D eigenvalue weighted by Gasteiger charge is 2.66. The summed E-state index contributed by atoms with van der Waals surface area (Å²) < 4.78 is 0. The molecule has 0 aromatic carbocycles. The van der Waals surface area contributed by atoms with Gasteiger partial charge in [-0.05, 0) is 72.4 Å². The van der Waals surface area contributed by atoms with E-state index in [-0.39, 0.29) is 0 Å². The van der Waals surface area contributed by atoms with Crippen molar-refractivity contribution in [1.29, 1.82) is 0 Å². The van der Waals surface area contributed by atoms with Crippen LogP contribution in [0.1, 0.15) is 53.4 Å². The van der Waals surface area contributed by atoms with Gasteiger partial charge in [0.1, 0.15) is 0 Å². The minimum Gasteiger partial charge on any atom is -0.229 e. The van der Waals surface area contributed by atoms with Gasteiger partial charge in [-0.3, -0.25) is 0 Å². The highest BCUT2D eigenvalue weighted by molar-refractivity contribution is 7.78. The number of rotatable bonds is 2. The fourth-order valence-electron chi connectivity index (χ4n) is 5.98. The fourth-order valence-corrected chi connectivity index (χ4v) is 6.11. The molecular formula is C16H25NS. The minimum atomic E-state index is 0.412. The second-order valence-electron chi connectivity index (χ2n) is 7.96. The number of aliphatic imine (C=N–C) groups is 1. The first-order valence-electron chi connectivity index (χ1n) is 7.48. The topological polar surface area (TPSA) is 12.4 Å². The monoisotopic (exact) mass is 263 g/mol. The van der Waals surface area contributed by atoms with Crippen LogP contribution in [0.25, 0.3) is 0 Å². The Balaban J connectivity index is 1.97. The van der Waals surface area contributed by atoms with Crippen LogP contribution in [-0.2, 0) is 0 Å². The van der Waals surface area contributed by atoms with Crippen molar-refractivity contribution in [3.05, 3.63) is 0 Å². The number of hydrogen-bond donors (Lipinski definition) is 0. The molecule has 0 saturated heterocycles. The molecule has 1 nitrogen and oxygen atoms in total. The number of fused-ring (bicyclic) bond motifs is 1. The van der Waals surface area contributed by atoms with E-state index in [2.05, 4.69) is 37.8 Å². The summed E-state index contributed by atoms with van der Waals surface area (Å²) in [4.78, 5) is 4.54. The molecule has 0 aromatic heterocycles. The highest BCUT2D eigenvalue weighted by atomic mass is 32.1. The van der Waals surface area contributed by atoms with E-state index in [0.29, 0.717) is 16.9 Å². The molecule has 2 unspecified atom stereocenters. The van der Waals surface area contributed by atoms with Crippen molar-refractivity contribution in [2.24, 2.45) is 39.5 Å². The van der Waals surface area contributed by atoms with Crippen molar-refractivity contribution in [1.82, 2.24) is 0 Å². The summed E-state index contributed by atoms with van der Waals surface area (Å²) in [7, 11) is 0. The van der Waals surface area contributed by atoms with Crippen LogP contribution in [-0.4, -0.2) is 11.2 Å². The van der Waals surface area contributed by atoms with Crippen LogP contribution >= 0.6 is 12.2 Å². The third-order valence-corrected chi connectivity index (χ3v) is 6.77. The largest absolute Gasteiger partial charge is 0.229 e. The lowest BCUT2D eigenvalue weighted by atomic mass is 9.47. The maximum Gasteiger partial charge on any atom is 0.0664 e. The van der Waals surface area contributed by atoms with Gasteiger partial charge >= 0.3 is 0 Å². The zero-order valence-electron chi connectivity index (χ0n) is 12.1. The van der Waals surface area contributed by atoms with Gasteiger partial charge in [0.25, 0.3) is 0 Å². The number of isothiocyanates is 1. The quantitative estimate of drug-likeness (QED) is 0.525. The lowest BCUT2D eigenvalue weighted by Crippen LogP contribution is -2.51. The van der Waals surface area contributed by atoms with Gasteiger partial charge in [0.05, 0.1) is 11.2 Å². The van der Waals surface area contributed by atoms with Crippen LogP contribution in [0.4, 0.5) is 0 Å². The summed E-state index contributed by atoms with van der Waals surface area (Å²) >= 11 is 4.87. The van der Waals surface area contributed by atoms with Gasteiger partial charge in [-0.25, -0.2) is 4.99 Å². The summed E-state index contributed by atoms with van der Waals surface area (Å²) in [6.07, 6.45) is 5.48. The lowest BCUT2D eigenvalue weighted by molar-refractivity contribution is -0.0848. The summed E-state index contributed by atoms with van der Waals surface area (Å²) in [5.41, 5.74) is 0.943. The van der Waals surface area contributed by atoms with Crippen LogP contribution in [0.2, 0.25) is 0 Å². The first-order chi connectivity index (χ1) is 8.40. The van der Waals surface area contributed by atoms with E-state index in [9.17, 15) is 0 Å². The Morgan fingerprint density at radius 3 is 2.50 bits per heavy atom. The van der Waals surface area contributed by atoms with E-state index in [1.54, 1.807) is 0 Å². The van der Waals surface area contributed by atoms with Crippen LogP contribution in [0.5, 0.6) is 0 Å². The molecule has 4 aliphatic carbocycles. The van der Waals surface area contributed by atoms with Crippen LogP contribution < -0.4 is 0 Å². The standard InChI is InChI=1S/C16H25NS/c1-10(2)12-5-13-15(3)6-11(12)7-16(13,4)14(8-15)17-9-18/h10-14H,5-8H2,1-4H3/t11?,12-,13?,14+,15+,16+/m0/s1. The molecule has 4 saturated carbocycles. The molecule has 0 aromatic rings. The van der Waals surface area contributed by atoms with Crippen LogP contribution in [0.15, 0.2) is 4.99 Å². The van der Waals surface area contributed by atoms with Crippen molar-refractivity contribution in [3.63, 3.8) is 0 Å². The predicted molar refractivity (Wildman–Crippen MR) is 78.8 cm³/mol. The Morgan fingerprint density at radius 1 is 1.22 bits per heavy atom. The normalized spacial score (nSPS) is 53.6. The first-order valence-corrected chi connectivity index (χ1v) is 7.88. The van der Waals surface area contributed by atoms with E-state index in [0.717, 1.165) is 23.7 Å². The molecule has 0 N–H and O–H groups in total. The van der Waals surface area contributed by atoms with Crippen LogP contribution in [0.3, 0.4) is 0 Å². The number of thiocarbonyl (C=S) groups is 1. The van der Waals surface area contributed by atoms with Crippen molar-refractivity contribution >= 4 is 17.4 Å². The molecule has 0 aliphatic heterocycles. The number of nitrogens with zero attached hydrogens (tertiary/aromatic N) is 1. The smallest absolute Gasteiger partial charge is 0.0664 e. The van der Waals surface area contributed by atoms with Gasteiger partial charge in [-0.15, -0.1) is 0 Å². The molecule has 6 atom stereocenters. The van der Waals surface area contributed by atoms with Gasteiger partial charge in [-0.2, -0.15) is 0 Å². The maximum atomic E-state index is 4.87. The van der Waals surface area contributed by atoms with Gasteiger partial charge in [0.2, 0.25) is 0 Å². The summed E-state index contributed by atoms with van der Waals surface area (Å²) in [6.45, 7) is 9.80. The molecule has 4 fully saturated rings. The Morgan fingerprint density at radius 2 is 1.94 bits per heavy atom. The van der Waals surface area contributed by atoms with Crippen molar-refractivity contribution in [2.75, 3.05) is 0 Å². The average Bonchev–Trinajstić information content (AvgIpc) is 2.41. The van der Waals surface area contributed by atoms with Gasteiger partial charge in [-0.1, -0.05) is 27.7 Å². The summed E-state index contributed by atoms with van der Waals surface area (Å²) in [6, 6.07) is 0.447. The molecule has 0 amide bonds. The third kappa shape index (κ3) is 1.51. The van der Waals surface area contributed by atoms with Crippen LogP contribution in [0, 0.1) is 34.5 Å². The Labute approximate surface area is 116 Å². The van der Waals surface area contributed by atoms with Crippen molar-refractivity contribution in [2.45, 2.75) is 59.4 Å². The predicted octanol–water partition coefficient (Wildman–Crippen LogP) is 4.58. The van der Waals surface area contributed by atoms with Gasteiger partial charge in [0, 0.05) is 0 Å². The van der Waals surface area contributed by atoms with Gasteiger partial charge in [0.15, 0.2) is 0 Å². The molecule has 4 aliphatic rings. The SMILES string of the molecule is CC(C)[C@@H]1CC2[C@]3(C)CC1C[C@@]2(C)[C@H](N=C=S)C3. The molecule has 0 radical (unpaired) electrons. The minimum absolute atomic E-state index is 0.412. The molecule has 100 valence electrons. The number of hydrogen-bond acceptors (Lipinski definition) is 2. The van der Waals surface area contributed by atoms with E-state index < -0.39 is 0 Å².